The number of anilines is 1. The molecule has 35 heavy (non-hydrogen) atoms. The zero-order chi connectivity index (χ0) is 24.4. The number of halogens is 1. The van der Waals surface area contributed by atoms with Crippen molar-refractivity contribution in [1.29, 1.82) is 0 Å². The standard InChI is InChI=1S/C25H28FN7O2/c1-17-3-8-22-18(15-17)16-21(25(34)27-22)23(24-28-29-30-33(24)13-14-35-2)32-11-9-31(10-12-32)20-6-4-19(26)5-7-20/h3-8,15-16,23H,9-14H2,1-2H3,(H,27,34)/t23-/m1/s1. The van der Waals surface area contributed by atoms with Gasteiger partial charge in [-0.3, -0.25) is 9.69 Å². The van der Waals surface area contributed by atoms with E-state index in [0.717, 1.165) is 35.2 Å². The van der Waals surface area contributed by atoms with Crippen LogP contribution in [0.4, 0.5) is 10.1 Å². The highest BCUT2D eigenvalue weighted by molar-refractivity contribution is 5.79. The van der Waals surface area contributed by atoms with Gasteiger partial charge in [0, 0.05) is 50.1 Å². The molecular weight excluding hydrogens is 449 g/mol. The summed E-state index contributed by atoms with van der Waals surface area (Å²) >= 11 is 0. The number of hydrogen-bond donors (Lipinski definition) is 1. The summed E-state index contributed by atoms with van der Waals surface area (Å²) in [5.41, 5.74) is 3.33. The Labute approximate surface area is 202 Å². The molecule has 0 bridgehead atoms. The lowest BCUT2D eigenvalue weighted by molar-refractivity contribution is 0.171. The minimum absolute atomic E-state index is 0.159. The molecule has 0 saturated carbocycles. The third-order valence-corrected chi connectivity index (χ3v) is 6.51. The van der Waals surface area contributed by atoms with E-state index in [1.165, 1.54) is 12.1 Å². The monoisotopic (exact) mass is 477 g/mol. The maximum absolute atomic E-state index is 13.4. The molecule has 0 aliphatic carbocycles. The van der Waals surface area contributed by atoms with Gasteiger partial charge in [0.1, 0.15) is 11.9 Å². The van der Waals surface area contributed by atoms with Gasteiger partial charge in [-0.05, 0) is 65.2 Å². The largest absolute Gasteiger partial charge is 0.383 e. The third kappa shape index (κ3) is 4.80. The molecule has 1 N–H and O–H groups in total. The first-order chi connectivity index (χ1) is 17.0. The van der Waals surface area contributed by atoms with Crippen molar-refractivity contribution in [3.63, 3.8) is 0 Å². The van der Waals surface area contributed by atoms with Crippen LogP contribution in [0.3, 0.4) is 0 Å². The maximum atomic E-state index is 13.4. The van der Waals surface area contributed by atoms with Crippen LogP contribution >= 0.6 is 0 Å². The highest BCUT2D eigenvalue weighted by Gasteiger charge is 2.32. The number of fused-ring (bicyclic) bond motifs is 1. The Morgan fingerprint density at radius 3 is 2.60 bits per heavy atom. The maximum Gasteiger partial charge on any atom is 0.253 e. The molecular formula is C25H28FN7O2. The predicted molar refractivity (Wildman–Crippen MR) is 131 cm³/mol. The molecule has 0 spiro atoms. The summed E-state index contributed by atoms with van der Waals surface area (Å²) in [6.07, 6.45) is 0. The SMILES string of the molecule is COCCn1nnnc1[C@@H](c1cc2cc(C)ccc2[nH]c1=O)N1CCN(c2ccc(F)cc2)CC1. The molecule has 3 heterocycles. The fraction of sp³-hybridized carbons (Fsp3) is 0.360. The van der Waals surface area contributed by atoms with E-state index in [9.17, 15) is 9.18 Å². The third-order valence-electron chi connectivity index (χ3n) is 6.51. The number of aromatic nitrogens is 5. The number of piperazine rings is 1. The van der Waals surface area contributed by atoms with Crippen LogP contribution in [-0.2, 0) is 11.3 Å². The number of ether oxygens (including phenoxy) is 1. The van der Waals surface area contributed by atoms with Crippen molar-refractivity contribution >= 4 is 16.6 Å². The van der Waals surface area contributed by atoms with Crippen molar-refractivity contribution in [2.24, 2.45) is 0 Å². The Balaban J connectivity index is 1.51. The van der Waals surface area contributed by atoms with Crippen molar-refractivity contribution in [1.82, 2.24) is 30.1 Å². The van der Waals surface area contributed by atoms with E-state index in [1.54, 1.807) is 23.9 Å². The molecule has 1 aliphatic heterocycles. The molecule has 1 aliphatic rings. The minimum Gasteiger partial charge on any atom is -0.383 e. The molecule has 1 fully saturated rings. The van der Waals surface area contributed by atoms with E-state index in [-0.39, 0.29) is 11.4 Å². The summed E-state index contributed by atoms with van der Waals surface area (Å²) in [6.45, 7) is 5.79. The van der Waals surface area contributed by atoms with Crippen LogP contribution in [0.5, 0.6) is 0 Å². The van der Waals surface area contributed by atoms with Crippen molar-refractivity contribution < 1.29 is 9.13 Å². The molecule has 0 amide bonds. The summed E-state index contributed by atoms with van der Waals surface area (Å²) in [4.78, 5) is 20.8. The highest BCUT2D eigenvalue weighted by Crippen LogP contribution is 2.29. The molecule has 2 aromatic heterocycles. The van der Waals surface area contributed by atoms with Crippen LogP contribution in [0, 0.1) is 12.7 Å². The molecule has 5 rings (SSSR count). The Morgan fingerprint density at radius 1 is 1.09 bits per heavy atom. The number of methoxy groups -OCH3 is 1. The van der Waals surface area contributed by atoms with E-state index in [2.05, 4.69) is 36.4 Å². The van der Waals surface area contributed by atoms with E-state index >= 15 is 0 Å². The fourth-order valence-electron chi connectivity index (χ4n) is 4.68. The van der Waals surface area contributed by atoms with E-state index in [1.807, 2.05) is 25.1 Å². The van der Waals surface area contributed by atoms with E-state index in [0.29, 0.717) is 37.6 Å². The van der Waals surface area contributed by atoms with E-state index < -0.39 is 6.04 Å². The second-order valence-electron chi connectivity index (χ2n) is 8.80. The molecule has 0 unspecified atom stereocenters. The smallest absolute Gasteiger partial charge is 0.253 e. The zero-order valence-electron chi connectivity index (χ0n) is 19.8. The molecule has 1 saturated heterocycles. The number of rotatable bonds is 7. The first-order valence-corrected chi connectivity index (χ1v) is 11.7. The molecule has 9 nitrogen and oxygen atoms in total. The number of tetrazole rings is 1. The Hall–Kier alpha value is -3.63. The normalized spacial score (nSPS) is 15.6. The van der Waals surface area contributed by atoms with Gasteiger partial charge < -0.3 is 14.6 Å². The van der Waals surface area contributed by atoms with Gasteiger partial charge in [0.2, 0.25) is 0 Å². The zero-order valence-corrected chi connectivity index (χ0v) is 19.8. The predicted octanol–water partition coefficient (Wildman–Crippen LogP) is 2.52. The number of H-pyrrole nitrogens is 1. The number of aryl methyl sites for hydroxylation is 1. The van der Waals surface area contributed by atoms with Crippen molar-refractivity contribution in [3.05, 3.63) is 81.7 Å². The van der Waals surface area contributed by atoms with Crippen molar-refractivity contribution in [2.45, 2.75) is 19.5 Å². The summed E-state index contributed by atoms with van der Waals surface area (Å²) in [7, 11) is 1.63. The number of nitrogens with one attached hydrogen (secondary N) is 1. The van der Waals surface area contributed by atoms with Crippen LogP contribution in [0.2, 0.25) is 0 Å². The highest BCUT2D eigenvalue weighted by atomic mass is 19.1. The van der Waals surface area contributed by atoms with E-state index in [4.69, 9.17) is 4.74 Å². The van der Waals surface area contributed by atoms with Gasteiger partial charge in [-0.25, -0.2) is 9.07 Å². The first kappa shape index (κ1) is 23.1. The Kier molecular flexibility index (Phi) is 6.56. The Bertz CT molecular complexity index is 1360. The van der Waals surface area contributed by atoms with Gasteiger partial charge in [0.05, 0.1) is 13.2 Å². The molecule has 182 valence electrons. The number of benzene rings is 2. The summed E-state index contributed by atoms with van der Waals surface area (Å²) < 4.78 is 20.3. The summed E-state index contributed by atoms with van der Waals surface area (Å²) in [6, 6.07) is 14.0. The number of aromatic amines is 1. The average Bonchev–Trinajstić information content (AvgIpc) is 3.32. The second kappa shape index (κ2) is 9.93. The van der Waals surface area contributed by atoms with Crippen molar-refractivity contribution in [2.75, 3.05) is 44.8 Å². The lowest BCUT2D eigenvalue weighted by Crippen LogP contribution is -2.49. The van der Waals surface area contributed by atoms with Crippen LogP contribution in [0.25, 0.3) is 10.9 Å². The number of pyridine rings is 1. The fourth-order valence-corrected chi connectivity index (χ4v) is 4.68. The average molecular weight is 478 g/mol. The molecule has 2 aromatic carbocycles. The number of hydrogen-bond acceptors (Lipinski definition) is 7. The lowest BCUT2D eigenvalue weighted by atomic mass is 10.0. The van der Waals surface area contributed by atoms with Crippen LogP contribution in [-0.4, -0.2) is 70.0 Å². The van der Waals surface area contributed by atoms with Crippen molar-refractivity contribution in [3.8, 4) is 0 Å². The first-order valence-electron chi connectivity index (χ1n) is 11.7. The van der Waals surface area contributed by atoms with Gasteiger partial charge in [-0.1, -0.05) is 11.6 Å². The molecule has 10 heteroatoms. The molecule has 4 aromatic rings. The Morgan fingerprint density at radius 2 is 1.86 bits per heavy atom. The van der Waals surface area contributed by atoms with Crippen LogP contribution in [0.1, 0.15) is 23.0 Å². The van der Waals surface area contributed by atoms with Gasteiger partial charge >= 0.3 is 0 Å². The summed E-state index contributed by atoms with van der Waals surface area (Å²) in [5, 5.41) is 13.4. The molecule has 1 atom stereocenters. The van der Waals surface area contributed by atoms with Gasteiger partial charge in [0.15, 0.2) is 5.82 Å². The second-order valence-corrected chi connectivity index (χ2v) is 8.80. The quantitative estimate of drug-likeness (QED) is 0.437. The van der Waals surface area contributed by atoms with Gasteiger partial charge in [-0.15, -0.1) is 5.10 Å². The van der Waals surface area contributed by atoms with Crippen LogP contribution < -0.4 is 10.5 Å². The van der Waals surface area contributed by atoms with Gasteiger partial charge in [-0.2, -0.15) is 0 Å². The lowest BCUT2D eigenvalue weighted by Gasteiger charge is -2.39. The van der Waals surface area contributed by atoms with Crippen LogP contribution in [0.15, 0.2) is 53.3 Å². The van der Waals surface area contributed by atoms with Gasteiger partial charge in [0.25, 0.3) is 5.56 Å². The summed E-state index contributed by atoms with van der Waals surface area (Å²) in [5.74, 6) is 0.357. The minimum atomic E-state index is -0.425. The molecule has 0 radical (unpaired) electrons. The topological polar surface area (TPSA) is 92.2 Å². The number of nitrogens with zero attached hydrogens (tertiary/aromatic N) is 6.